The maximum Gasteiger partial charge on any atom is 0.161 e. The summed E-state index contributed by atoms with van der Waals surface area (Å²) in [6.45, 7) is 6.63. The van der Waals surface area contributed by atoms with E-state index in [2.05, 4.69) is 22.2 Å². The van der Waals surface area contributed by atoms with Crippen LogP contribution in [0.3, 0.4) is 0 Å². The van der Waals surface area contributed by atoms with Gasteiger partial charge in [-0.1, -0.05) is 0 Å². The first-order valence-electron chi connectivity index (χ1n) is 3.84. The van der Waals surface area contributed by atoms with Gasteiger partial charge in [-0.3, -0.25) is 15.2 Å². The van der Waals surface area contributed by atoms with Crippen molar-refractivity contribution in [1.29, 1.82) is 0 Å². The van der Waals surface area contributed by atoms with Crippen molar-refractivity contribution in [2.45, 2.75) is 13.8 Å². The lowest BCUT2D eigenvalue weighted by molar-refractivity contribution is 0.101. The topological polar surface area (TPSA) is 54.4 Å². The van der Waals surface area contributed by atoms with E-state index >= 15 is 0 Å². The molecule has 0 aliphatic heterocycles. The van der Waals surface area contributed by atoms with Crippen LogP contribution in [-0.2, 0) is 0 Å². The SMILES string of the molecule is C=NNc1cc(C(C)=O)cnc1C. The molecule has 0 atom stereocenters. The first-order valence-corrected chi connectivity index (χ1v) is 3.84. The number of rotatable bonds is 3. The van der Waals surface area contributed by atoms with Crippen LogP contribution in [0.5, 0.6) is 0 Å². The number of nitrogens with zero attached hydrogens (tertiary/aromatic N) is 2. The van der Waals surface area contributed by atoms with Crippen molar-refractivity contribution in [3.8, 4) is 0 Å². The van der Waals surface area contributed by atoms with E-state index in [4.69, 9.17) is 0 Å². The van der Waals surface area contributed by atoms with Gasteiger partial charge in [-0.2, -0.15) is 5.10 Å². The van der Waals surface area contributed by atoms with Crippen LogP contribution in [0.15, 0.2) is 17.4 Å². The summed E-state index contributed by atoms with van der Waals surface area (Å²) in [7, 11) is 0. The number of hydrazone groups is 1. The number of anilines is 1. The number of nitrogens with one attached hydrogen (secondary N) is 1. The average Bonchev–Trinajstić information content (AvgIpc) is 2.08. The first kappa shape index (κ1) is 9.38. The minimum Gasteiger partial charge on any atom is -0.294 e. The van der Waals surface area contributed by atoms with Crippen molar-refractivity contribution in [3.63, 3.8) is 0 Å². The largest absolute Gasteiger partial charge is 0.294 e. The van der Waals surface area contributed by atoms with Gasteiger partial charge >= 0.3 is 0 Å². The lowest BCUT2D eigenvalue weighted by atomic mass is 10.2. The molecule has 0 saturated carbocycles. The quantitative estimate of drug-likeness (QED) is 0.433. The Bertz CT molecular complexity index is 347. The molecule has 4 heteroatoms. The Kier molecular flexibility index (Phi) is 2.74. The maximum absolute atomic E-state index is 11.0. The lowest BCUT2D eigenvalue weighted by Gasteiger charge is -2.04. The number of aromatic nitrogens is 1. The van der Waals surface area contributed by atoms with Gasteiger partial charge in [0.05, 0.1) is 11.4 Å². The van der Waals surface area contributed by atoms with Crippen LogP contribution < -0.4 is 5.43 Å². The van der Waals surface area contributed by atoms with Gasteiger partial charge in [-0.15, -0.1) is 0 Å². The Morgan fingerprint density at radius 1 is 1.69 bits per heavy atom. The third-order valence-corrected chi connectivity index (χ3v) is 1.69. The smallest absolute Gasteiger partial charge is 0.161 e. The molecule has 0 bridgehead atoms. The predicted molar refractivity (Wildman–Crippen MR) is 52.2 cm³/mol. The molecule has 0 aliphatic carbocycles. The van der Waals surface area contributed by atoms with Gasteiger partial charge in [0.1, 0.15) is 0 Å². The fourth-order valence-electron chi connectivity index (χ4n) is 0.924. The van der Waals surface area contributed by atoms with Gasteiger partial charge < -0.3 is 0 Å². The predicted octanol–water partition coefficient (Wildman–Crippen LogP) is 1.62. The van der Waals surface area contributed by atoms with Gasteiger partial charge in [0.2, 0.25) is 0 Å². The summed E-state index contributed by atoms with van der Waals surface area (Å²) in [4.78, 5) is 15.0. The highest BCUT2D eigenvalue weighted by Crippen LogP contribution is 2.14. The monoisotopic (exact) mass is 177 g/mol. The van der Waals surface area contributed by atoms with Gasteiger partial charge in [0.25, 0.3) is 0 Å². The zero-order chi connectivity index (χ0) is 9.84. The minimum atomic E-state index is -0.0142. The molecular weight excluding hydrogens is 166 g/mol. The number of pyridine rings is 1. The van der Waals surface area contributed by atoms with E-state index < -0.39 is 0 Å². The summed E-state index contributed by atoms with van der Waals surface area (Å²) in [5, 5.41) is 3.52. The van der Waals surface area contributed by atoms with E-state index in [0.717, 1.165) is 5.69 Å². The van der Waals surface area contributed by atoms with E-state index in [1.807, 2.05) is 6.92 Å². The van der Waals surface area contributed by atoms with Gasteiger partial charge in [0.15, 0.2) is 5.78 Å². The maximum atomic E-state index is 11.0. The van der Waals surface area contributed by atoms with Gasteiger partial charge in [0, 0.05) is 18.5 Å². The van der Waals surface area contributed by atoms with E-state index in [1.54, 1.807) is 12.3 Å². The van der Waals surface area contributed by atoms with Crippen LogP contribution in [0.25, 0.3) is 0 Å². The summed E-state index contributed by atoms with van der Waals surface area (Å²) in [5.41, 5.74) is 4.74. The number of Topliss-reactive ketones (excluding diaryl/α,β-unsaturated/α-hetero) is 1. The summed E-state index contributed by atoms with van der Waals surface area (Å²) >= 11 is 0. The Balaban J connectivity index is 3.10. The highest BCUT2D eigenvalue weighted by molar-refractivity contribution is 5.94. The summed E-state index contributed by atoms with van der Waals surface area (Å²) < 4.78 is 0. The molecule has 13 heavy (non-hydrogen) atoms. The molecule has 0 fully saturated rings. The molecular formula is C9H11N3O. The summed E-state index contributed by atoms with van der Waals surface area (Å²) in [6.07, 6.45) is 1.55. The highest BCUT2D eigenvalue weighted by atomic mass is 16.1. The zero-order valence-electron chi connectivity index (χ0n) is 7.66. The fourth-order valence-corrected chi connectivity index (χ4v) is 0.924. The van der Waals surface area contributed by atoms with Crippen LogP contribution in [0.2, 0.25) is 0 Å². The molecule has 0 amide bonds. The molecule has 1 aromatic heterocycles. The molecule has 1 rings (SSSR count). The first-order chi connectivity index (χ1) is 6.15. The molecule has 0 radical (unpaired) electrons. The second-order valence-corrected chi connectivity index (χ2v) is 2.68. The van der Waals surface area contributed by atoms with Crippen molar-refractivity contribution >= 4 is 18.2 Å². The second kappa shape index (κ2) is 3.80. The summed E-state index contributed by atoms with van der Waals surface area (Å²) in [5.74, 6) is -0.0142. The van der Waals surface area contributed by atoms with Crippen molar-refractivity contribution in [3.05, 3.63) is 23.5 Å². The zero-order valence-corrected chi connectivity index (χ0v) is 7.66. The number of aryl methyl sites for hydroxylation is 1. The van der Waals surface area contributed by atoms with Crippen LogP contribution in [0, 0.1) is 6.92 Å². The normalized spacial score (nSPS) is 9.38. The van der Waals surface area contributed by atoms with Crippen molar-refractivity contribution < 1.29 is 4.79 Å². The third kappa shape index (κ3) is 2.11. The van der Waals surface area contributed by atoms with Gasteiger partial charge in [-0.25, -0.2) is 0 Å². The molecule has 4 nitrogen and oxygen atoms in total. The molecule has 0 unspecified atom stereocenters. The van der Waals surface area contributed by atoms with E-state index in [1.165, 1.54) is 6.92 Å². The van der Waals surface area contributed by atoms with E-state index in [9.17, 15) is 4.79 Å². The Morgan fingerprint density at radius 3 is 2.92 bits per heavy atom. The Morgan fingerprint density at radius 2 is 2.38 bits per heavy atom. The number of hydrogen-bond acceptors (Lipinski definition) is 4. The Labute approximate surface area is 76.7 Å². The Hall–Kier alpha value is -1.71. The molecule has 1 N–H and O–H groups in total. The molecule has 0 saturated heterocycles. The number of carbonyl (C=O) groups excluding carboxylic acids is 1. The molecule has 1 aromatic rings. The molecule has 1 heterocycles. The van der Waals surface area contributed by atoms with Crippen LogP contribution in [0.4, 0.5) is 5.69 Å². The van der Waals surface area contributed by atoms with Crippen LogP contribution in [0.1, 0.15) is 23.0 Å². The fraction of sp³-hybridized carbons (Fsp3) is 0.222. The molecule has 0 aliphatic rings. The van der Waals surface area contributed by atoms with Crippen molar-refractivity contribution in [2.75, 3.05) is 5.43 Å². The highest BCUT2D eigenvalue weighted by Gasteiger charge is 2.03. The molecule has 0 aromatic carbocycles. The minimum absolute atomic E-state index is 0.0142. The van der Waals surface area contributed by atoms with Gasteiger partial charge in [-0.05, 0) is 19.9 Å². The lowest BCUT2D eigenvalue weighted by Crippen LogP contribution is -1.99. The third-order valence-electron chi connectivity index (χ3n) is 1.69. The second-order valence-electron chi connectivity index (χ2n) is 2.68. The number of ketones is 1. The average molecular weight is 177 g/mol. The van der Waals surface area contributed by atoms with Crippen LogP contribution in [-0.4, -0.2) is 17.5 Å². The number of hydrogen-bond donors (Lipinski definition) is 1. The summed E-state index contributed by atoms with van der Waals surface area (Å²) in [6, 6.07) is 1.71. The van der Waals surface area contributed by atoms with Crippen LogP contribution >= 0.6 is 0 Å². The number of carbonyl (C=O) groups is 1. The van der Waals surface area contributed by atoms with E-state index in [-0.39, 0.29) is 5.78 Å². The van der Waals surface area contributed by atoms with Crippen molar-refractivity contribution in [1.82, 2.24) is 4.98 Å². The molecule has 68 valence electrons. The van der Waals surface area contributed by atoms with Crippen molar-refractivity contribution in [2.24, 2.45) is 5.10 Å². The standard InChI is InChI=1S/C9H11N3O/c1-6-9(12-10-3)4-8(5-11-6)7(2)13/h4-5,12H,3H2,1-2H3. The molecule has 0 spiro atoms. The van der Waals surface area contributed by atoms with E-state index in [0.29, 0.717) is 11.3 Å².